The summed E-state index contributed by atoms with van der Waals surface area (Å²) >= 11 is 0. The van der Waals surface area contributed by atoms with Gasteiger partial charge >= 0.3 is 0 Å². The molecule has 6 heteroatoms. The first kappa shape index (κ1) is 15.2. The highest BCUT2D eigenvalue weighted by atomic mass is 16.5. The second-order valence-electron chi connectivity index (χ2n) is 4.78. The molecule has 0 aliphatic carbocycles. The summed E-state index contributed by atoms with van der Waals surface area (Å²) in [6.45, 7) is 8.01. The Morgan fingerprint density at radius 3 is 2.56 bits per heavy atom. The van der Waals surface area contributed by atoms with Crippen molar-refractivity contribution in [2.45, 2.75) is 25.8 Å². The molecule has 1 atom stereocenters. The fourth-order valence-electron chi connectivity index (χ4n) is 2.23. The maximum absolute atomic E-state index is 8.67. The van der Waals surface area contributed by atoms with Crippen molar-refractivity contribution in [3.63, 3.8) is 0 Å². The lowest BCUT2D eigenvalue weighted by Crippen LogP contribution is -2.53. The van der Waals surface area contributed by atoms with Gasteiger partial charge in [-0.05, 0) is 26.3 Å². The van der Waals surface area contributed by atoms with Crippen LogP contribution in [-0.2, 0) is 4.74 Å². The molecule has 0 radical (unpaired) electrons. The first-order valence-electron chi connectivity index (χ1n) is 6.61. The van der Waals surface area contributed by atoms with Crippen LogP contribution >= 0.6 is 0 Å². The largest absolute Gasteiger partial charge is 0.409 e. The van der Waals surface area contributed by atoms with Crippen LogP contribution in [-0.4, -0.2) is 73.3 Å². The monoisotopic (exact) mass is 258 g/mol. The number of amidine groups is 1. The number of unbranched alkanes of at least 4 members (excludes halogenated alkanes) is 1. The second-order valence-corrected chi connectivity index (χ2v) is 4.78. The zero-order chi connectivity index (χ0) is 13.4. The third-order valence-electron chi connectivity index (χ3n) is 3.57. The van der Waals surface area contributed by atoms with Crippen molar-refractivity contribution in [2.75, 3.05) is 46.4 Å². The van der Waals surface area contributed by atoms with E-state index in [1.807, 2.05) is 6.92 Å². The van der Waals surface area contributed by atoms with Crippen molar-refractivity contribution in [1.29, 1.82) is 0 Å². The number of piperazine rings is 1. The van der Waals surface area contributed by atoms with Crippen molar-refractivity contribution in [3.05, 3.63) is 0 Å². The molecule has 0 bridgehead atoms. The lowest BCUT2D eigenvalue weighted by Gasteiger charge is -2.37. The molecular weight excluding hydrogens is 232 g/mol. The molecule has 1 aliphatic rings. The van der Waals surface area contributed by atoms with Crippen molar-refractivity contribution >= 4 is 5.84 Å². The molecule has 1 aliphatic heterocycles. The average molecular weight is 258 g/mol. The van der Waals surface area contributed by atoms with Gasteiger partial charge in [0.2, 0.25) is 0 Å². The molecule has 1 unspecified atom stereocenters. The van der Waals surface area contributed by atoms with Gasteiger partial charge in [-0.1, -0.05) is 5.16 Å². The summed E-state index contributed by atoms with van der Waals surface area (Å²) in [5.41, 5.74) is 5.63. The Morgan fingerprint density at radius 2 is 2.00 bits per heavy atom. The predicted octanol–water partition coefficient (Wildman–Crippen LogP) is 0.166. The van der Waals surface area contributed by atoms with E-state index in [0.29, 0.717) is 5.84 Å². The Balaban J connectivity index is 2.20. The molecular formula is C12H26N4O2. The van der Waals surface area contributed by atoms with Gasteiger partial charge in [-0.25, -0.2) is 0 Å². The summed E-state index contributed by atoms with van der Waals surface area (Å²) < 4.78 is 5.04. The summed E-state index contributed by atoms with van der Waals surface area (Å²) in [4.78, 5) is 4.71. The molecule has 18 heavy (non-hydrogen) atoms. The molecule has 6 nitrogen and oxygen atoms in total. The number of rotatable bonds is 7. The van der Waals surface area contributed by atoms with Crippen molar-refractivity contribution in [1.82, 2.24) is 9.80 Å². The van der Waals surface area contributed by atoms with Crippen LogP contribution in [0.25, 0.3) is 0 Å². The van der Waals surface area contributed by atoms with E-state index < -0.39 is 0 Å². The van der Waals surface area contributed by atoms with E-state index in [-0.39, 0.29) is 6.04 Å². The lowest BCUT2D eigenvalue weighted by atomic mass is 10.2. The highest BCUT2D eigenvalue weighted by Gasteiger charge is 2.22. The topological polar surface area (TPSA) is 74.3 Å². The number of nitrogens with two attached hydrogens (primary N) is 1. The number of ether oxygens (including phenoxy) is 1. The Morgan fingerprint density at radius 1 is 1.33 bits per heavy atom. The smallest absolute Gasteiger partial charge is 0.156 e. The van der Waals surface area contributed by atoms with Crippen LogP contribution in [0.4, 0.5) is 0 Å². The minimum atomic E-state index is 0.0191. The predicted molar refractivity (Wildman–Crippen MR) is 72.0 cm³/mol. The number of methoxy groups -OCH3 is 1. The standard InChI is InChI=1S/C12H26N4O2/c1-11(12(13)14-17)16-8-6-15(7-9-16)5-3-4-10-18-2/h11,17H,3-10H2,1-2H3,(H2,13,14). The van der Waals surface area contributed by atoms with Gasteiger partial charge < -0.3 is 20.6 Å². The van der Waals surface area contributed by atoms with Gasteiger partial charge in [-0.15, -0.1) is 0 Å². The fraction of sp³-hybridized carbons (Fsp3) is 0.917. The van der Waals surface area contributed by atoms with Gasteiger partial charge in [0.1, 0.15) is 0 Å². The summed E-state index contributed by atoms with van der Waals surface area (Å²) in [6, 6.07) is 0.0191. The van der Waals surface area contributed by atoms with E-state index in [2.05, 4.69) is 15.0 Å². The maximum atomic E-state index is 8.67. The Bertz CT molecular complexity index is 252. The maximum Gasteiger partial charge on any atom is 0.156 e. The molecule has 0 amide bonds. The van der Waals surface area contributed by atoms with Crippen LogP contribution < -0.4 is 5.73 Å². The zero-order valence-electron chi connectivity index (χ0n) is 11.5. The van der Waals surface area contributed by atoms with Crippen LogP contribution in [0.5, 0.6) is 0 Å². The Kier molecular flexibility index (Phi) is 7.00. The summed E-state index contributed by atoms with van der Waals surface area (Å²) in [7, 11) is 1.74. The van der Waals surface area contributed by atoms with Crippen LogP contribution in [0, 0.1) is 0 Å². The molecule has 0 aromatic carbocycles. The quantitative estimate of drug-likeness (QED) is 0.224. The highest BCUT2D eigenvalue weighted by Crippen LogP contribution is 2.07. The second kappa shape index (κ2) is 8.29. The number of oxime groups is 1. The summed E-state index contributed by atoms with van der Waals surface area (Å²) in [6.07, 6.45) is 2.31. The van der Waals surface area contributed by atoms with E-state index in [4.69, 9.17) is 15.7 Å². The average Bonchev–Trinajstić information content (AvgIpc) is 2.42. The number of hydrogen-bond donors (Lipinski definition) is 2. The fourth-order valence-corrected chi connectivity index (χ4v) is 2.23. The SMILES string of the molecule is COCCCCN1CCN(C(C)C(N)=NO)CC1. The molecule has 0 aromatic heterocycles. The van der Waals surface area contributed by atoms with Crippen LogP contribution in [0.3, 0.4) is 0 Å². The van der Waals surface area contributed by atoms with Gasteiger partial charge in [0, 0.05) is 39.9 Å². The van der Waals surface area contributed by atoms with Crippen molar-refractivity contribution in [2.24, 2.45) is 10.9 Å². The van der Waals surface area contributed by atoms with Crippen molar-refractivity contribution in [3.8, 4) is 0 Å². The first-order valence-corrected chi connectivity index (χ1v) is 6.61. The van der Waals surface area contributed by atoms with Gasteiger partial charge in [-0.2, -0.15) is 0 Å². The minimum absolute atomic E-state index is 0.0191. The molecule has 1 saturated heterocycles. The highest BCUT2D eigenvalue weighted by molar-refractivity contribution is 5.84. The number of nitrogens with zero attached hydrogens (tertiary/aromatic N) is 3. The van der Waals surface area contributed by atoms with E-state index in [1.165, 1.54) is 6.42 Å². The normalized spacial score (nSPS) is 21.1. The van der Waals surface area contributed by atoms with Gasteiger partial charge in [0.05, 0.1) is 6.04 Å². The van der Waals surface area contributed by atoms with Gasteiger partial charge in [0.25, 0.3) is 0 Å². The first-order chi connectivity index (χ1) is 8.69. The van der Waals surface area contributed by atoms with Crippen LogP contribution in [0.2, 0.25) is 0 Å². The molecule has 0 spiro atoms. The molecule has 1 heterocycles. The molecule has 3 N–H and O–H groups in total. The van der Waals surface area contributed by atoms with Crippen LogP contribution in [0.1, 0.15) is 19.8 Å². The van der Waals surface area contributed by atoms with E-state index >= 15 is 0 Å². The zero-order valence-corrected chi connectivity index (χ0v) is 11.5. The minimum Gasteiger partial charge on any atom is -0.409 e. The molecule has 0 saturated carbocycles. The van der Waals surface area contributed by atoms with Gasteiger partial charge in [-0.3, -0.25) is 4.90 Å². The number of hydrogen-bond acceptors (Lipinski definition) is 5. The van der Waals surface area contributed by atoms with E-state index in [0.717, 1.165) is 45.8 Å². The molecule has 1 rings (SSSR count). The summed E-state index contributed by atoms with van der Waals surface area (Å²) in [5.74, 6) is 0.295. The molecule has 1 fully saturated rings. The van der Waals surface area contributed by atoms with E-state index in [9.17, 15) is 0 Å². The van der Waals surface area contributed by atoms with Gasteiger partial charge in [0.15, 0.2) is 5.84 Å². The van der Waals surface area contributed by atoms with E-state index in [1.54, 1.807) is 7.11 Å². The summed E-state index contributed by atoms with van der Waals surface area (Å²) in [5, 5.41) is 11.7. The third-order valence-corrected chi connectivity index (χ3v) is 3.57. The Hall–Kier alpha value is -0.850. The third kappa shape index (κ3) is 4.80. The Labute approximate surface area is 109 Å². The lowest BCUT2D eigenvalue weighted by molar-refractivity contribution is 0.115. The molecule has 106 valence electrons. The van der Waals surface area contributed by atoms with Crippen LogP contribution in [0.15, 0.2) is 5.16 Å². The van der Waals surface area contributed by atoms with Crippen molar-refractivity contribution < 1.29 is 9.94 Å². The molecule has 0 aromatic rings.